The molecule has 5 nitrogen and oxygen atoms in total. The van der Waals surface area contributed by atoms with Gasteiger partial charge >= 0.3 is 5.97 Å². The van der Waals surface area contributed by atoms with E-state index in [9.17, 15) is 14.7 Å². The SMILES string of the molecule is NC1C2CCC(C2)C1C(=O)NC(C(=O)O)c1cccs1. The van der Waals surface area contributed by atoms with Gasteiger partial charge in [-0.2, -0.15) is 0 Å². The Hall–Kier alpha value is -1.40. The van der Waals surface area contributed by atoms with Gasteiger partial charge in [-0.3, -0.25) is 4.79 Å². The third-order valence-electron chi connectivity index (χ3n) is 4.64. The van der Waals surface area contributed by atoms with Gasteiger partial charge in [0.1, 0.15) is 0 Å². The Bertz CT molecular complexity index is 514. The molecule has 0 radical (unpaired) electrons. The van der Waals surface area contributed by atoms with Crippen molar-refractivity contribution in [2.75, 3.05) is 0 Å². The van der Waals surface area contributed by atoms with Crippen LogP contribution in [0.25, 0.3) is 0 Å². The summed E-state index contributed by atoms with van der Waals surface area (Å²) in [5.74, 6) is -0.702. The van der Waals surface area contributed by atoms with Crippen LogP contribution in [-0.2, 0) is 9.59 Å². The van der Waals surface area contributed by atoms with E-state index in [4.69, 9.17) is 5.73 Å². The quantitative estimate of drug-likeness (QED) is 0.782. The number of carboxylic acid groups (broad SMARTS) is 1. The molecule has 2 fully saturated rings. The van der Waals surface area contributed by atoms with Crippen LogP contribution >= 0.6 is 11.3 Å². The minimum atomic E-state index is -1.03. The Morgan fingerprint density at radius 3 is 2.70 bits per heavy atom. The second-order valence-electron chi connectivity index (χ2n) is 5.73. The molecule has 3 rings (SSSR count). The third-order valence-corrected chi connectivity index (χ3v) is 5.58. The molecular formula is C14H18N2O3S. The third kappa shape index (κ3) is 2.23. The van der Waals surface area contributed by atoms with Crippen molar-refractivity contribution < 1.29 is 14.7 Å². The van der Waals surface area contributed by atoms with E-state index in [1.165, 1.54) is 11.3 Å². The van der Waals surface area contributed by atoms with Crippen LogP contribution in [0.5, 0.6) is 0 Å². The molecule has 0 aromatic carbocycles. The summed E-state index contributed by atoms with van der Waals surface area (Å²) in [7, 11) is 0. The fourth-order valence-corrected chi connectivity index (χ4v) is 4.44. The summed E-state index contributed by atoms with van der Waals surface area (Å²) in [6.07, 6.45) is 3.14. The Morgan fingerprint density at radius 2 is 2.15 bits per heavy atom. The molecule has 20 heavy (non-hydrogen) atoms. The Balaban J connectivity index is 1.73. The largest absolute Gasteiger partial charge is 0.479 e. The average molecular weight is 294 g/mol. The summed E-state index contributed by atoms with van der Waals surface area (Å²) >= 11 is 1.33. The molecular weight excluding hydrogens is 276 g/mol. The van der Waals surface area contributed by atoms with Gasteiger partial charge in [-0.25, -0.2) is 4.79 Å². The van der Waals surface area contributed by atoms with Crippen LogP contribution in [0.3, 0.4) is 0 Å². The van der Waals surface area contributed by atoms with Gasteiger partial charge in [0.05, 0.1) is 5.92 Å². The predicted molar refractivity (Wildman–Crippen MR) is 75.1 cm³/mol. The highest BCUT2D eigenvalue weighted by Crippen LogP contribution is 2.47. The molecule has 5 atom stereocenters. The van der Waals surface area contributed by atoms with E-state index in [-0.39, 0.29) is 17.9 Å². The molecule has 0 spiro atoms. The molecule has 1 aromatic rings. The first-order chi connectivity index (χ1) is 9.58. The van der Waals surface area contributed by atoms with Gasteiger partial charge in [0.25, 0.3) is 0 Å². The normalized spacial score (nSPS) is 33.0. The van der Waals surface area contributed by atoms with Gasteiger partial charge in [-0.1, -0.05) is 6.07 Å². The number of thiophene rings is 1. The van der Waals surface area contributed by atoms with Gasteiger partial charge < -0.3 is 16.2 Å². The summed E-state index contributed by atoms with van der Waals surface area (Å²) < 4.78 is 0. The molecule has 1 heterocycles. The van der Waals surface area contributed by atoms with E-state index < -0.39 is 12.0 Å². The van der Waals surface area contributed by atoms with Crippen molar-refractivity contribution in [2.24, 2.45) is 23.5 Å². The molecule has 0 aliphatic heterocycles. The van der Waals surface area contributed by atoms with Crippen LogP contribution in [0.4, 0.5) is 0 Å². The first-order valence-electron chi connectivity index (χ1n) is 6.90. The highest BCUT2D eigenvalue weighted by Gasteiger charge is 2.49. The fourth-order valence-electron chi connectivity index (χ4n) is 3.67. The standard InChI is InChI=1S/C14H18N2O3S/c15-11-8-4-3-7(6-8)10(11)13(17)16-12(14(18)19)9-2-1-5-20-9/h1-2,5,7-8,10-12H,3-4,6,15H2,(H,16,17)(H,18,19). The van der Waals surface area contributed by atoms with Gasteiger partial charge in [-0.15, -0.1) is 11.3 Å². The summed E-state index contributed by atoms with van der Waals surface area (Å²) in [4.78, 5) is 24.4. The summed E-state index contributed by atoms with van der Waals surface area (Å²) in [5.41, 5.74) is 6.13. The predicted octanol–water partition coefficient (Wildman–Crippen LogP) is 1.36. The van der Waals surface area contributed by atoms with Crippen molar-refractivity contribution in [3.8, 4) is 0 Å². The van der Waals surface area contributed by atoms with E-state index >= 15 is 0 Å². The zero-order chi connectivity index (χ0) is 14.3. The number of nitrogens with one attached hydrogen (secondary N) is 1. The summed E-state index contributed by atoms with van der Waals surface area (Å²) in [5, 5.41) is 13.8. The molecule has 1 amide bonds. The Kier molecular flexibility index (Phi) is 3.52. The number of aliphatic carboxylic acids is 1. The minimum Gasteiger partial charge on any atom is -0.479 e. The summed E-state index contributed by atoms with van der Waals surface area (Å²) in [6.45, 7) is 0. The topological polar surface area (TPSA) is 92.4 Å². The molecule has 6 heteroatoms. The number of nitrogens with two attached hydrogens (primary N) is 1. The molecule has 2 aliphatic carbocycles. The number of hydrogen-bond acceptors (Lipinski definition) is 4. The molecule has 2 aliphatic rings. The van der Waals surface area contributed by atoms with Crippen molar-refractivity contribution >= 4 is 23.2 Å². The molecule has 4 N–H and O–H groups in total. The van der Waals surface area contributed by atoms with Gasteiger partial charge in [0, 0.05) is 10.9 Å². The minimum absolute atomic E-state index is 0.119. The number of amides is 1. The van der Waals surface area contributed by atoms with Gasteiger partial charge in [0.2, 0.25) is 5.91 Å². The number of carbonyl (C=O) groups is 2. The summed E-state index contributed by atoms with van der Waals surface area (Å²) in [6, 6.07) is 2.43. The van der Waals surface area contributed by atoms with Crippen molar-refractivity contribution in [3.63, 3.8) is 0 Å². The number of fused-ring (bicyclic) bond motifs is 2. The molecule has 2 bridgehead atoms. The smallest absolute Gasteiger partial charge is 0.331 e. The van der Waals surface area contributed by atoms with Gasteiger partial charge in [-0.05, 0) is 42.5 Å². The first-order valence-corrected chi connectivity index (χ1v) is 7.78. The maximum Gasteiger partial charge on any atom is 0.331 e. The number of rotatable bonds is 4. The average Bonchev–Trinajstić information content (AvgIpc) is 3.11. The maximum absolute atomic E-state index is 12.4. The Labute approximate surface area is 121 Å². The molecule has 2 saturated carbocycles. The van der Waals surface area contributed by atoms with Crippen molar-refractivity contribution in [3.05, 3.63) is 22.4 Å². The monoisotopic (exact) mass is 294 g/mol. The molecule has 1 aromatic heterocycles. The highest BCUT2D eigenvalue weighted by atomic mass is 32.1. The van der Waals surface area contributed by atoms with Crippen LogP contribution in [-0.4, -0.2) is 23.0 Å². The van der Waals surface area contributed by atoms with Crippen molar-refractivity contribution in [1.82, 2.24) is 5.32 Å². The van der Waals surface area contributed by atoms with E-state index in [0.717, 1.165) is 19.3 Å². The van der Waals surface area contributed by atoms with E-state index in [1.54, 1.807) is 17.5 Å². The van der Waals surface area contributed by atoms with Crippen LogP contribution in [0.15, 0.2) is 17.5 Å². The first kappa shape index (κ1) is 13.6. The zero-order valence-electron chi connectivity index (χ0n) is 11.0. The van der Waals surface area contributed by atoms with E-state index in [1.807, 2.05) is 0 Å². The van der Waals surface area contributed by atoms with E-state index in [2.05, 4.69) is 5.32 Å². The number of hydrogen-bond donors (Lipinski definition) is 3. The maximum atomic E-state index is 12.4. The highest BCUT2D eigenvalue weighted by molar-refractivity contribution is 7.10. The number of carbonyl (C=O) groups excluding carboxylic acids is 1. The number of carboxylic acids is 1. The molecule has 108 valence electrons. The molecule has 0 saturated heterocycles. The lowest BCUT2D eigenvalue weighted by atomic mass is 9.84. The second kappa shape index (κ2) is 5.18. The fraction of sp³-hybridized carbons (Fsp3) is 0.571. The van der Waals surface area contributed by atoms with Crippen LogP contribution in [0, 0.1) is 17.8 Å². The lowest BCUT2D eigenvalue weighted by molar-refractivity contribution is -0.143. The second-order valence-corrected chi connectivity index (χ2v) is 6.71. The lowest BCUT2D eigenvalue weighted by Gasteiger charge is -2.28. The van der Waals surface area contributed by atoms with Gasteiger partial charge in [0.15, 0.2) is 6.04 Å². The van der Waals surface area contributed by atoms with Crippen LogP contribution < -0.4 is 11.1 Å². The van der Waals surface area contributed by atoms with Crippen molar-refractivity contribution in [2.45, 2.75) is 31.3 Å². The molecule has 5 unspecified atom stereocenters. The van der Waals surface area contributed by atoms with Crippen LogP contribution in [0.2, 0.25) is 0 Å². The zero-order valence-corrected chi connectivity index (χ0v) is 11.8. The lowest BCUT2D eigenvalue weighted by Crippen LogP contribution is -2.47. The van der Waals surface area contributed by atoms with Crippen LogP contribution in [0.1, 0.15) is 30.2 Å². The van der Waals surface area contributed by atoms with E-state index in [0.29, 0.717) is 16.7 Å². The van der Waals surface area contributed by atoms with Crippen molar-refractivity contribution in [1.29, 1.82) is 0 Å². The Morgan fingerprint density at radius 1 is 1.40 bits per heavy atom.